The summed E-state index contributed by atoms with van der Waals surface area (Å²) in [6, 6.07) is 9.83. The van der Waals surface area contributed by atoms with Gasteiger partial charge in [-0.1, -0.05) is 0 Å². The maximum Gasteiger partial charge on any atom is 0.262 e. The number of hydrogen-bond donors (Lipinski definition) is 1. The lowest BCUT2D eigenvalue weighted by Crippen LogP contribution is -2.23. The first-order valence-corrected chi connectivity index (χ1v) is 10.00. The van der Waals surface area contributed by atoms with E-state index in [1.165, 1.54) is 20.3 Å². The molecule has 1 amide bonds. The lowest BCUT2D eigenvalue weighted by atomic mass is 10.2. The molecule has 1 aliphatic heterocycles. The molecule has 0 aliphatic carbocycles. The number of rotatable bonds is 6. The zero-order valence-corrected chi connectivity index (χ0v) is 16.3. The Kier molecular flexibility index (Phi) is 5.27. The second-order valence-electron chi connectivity index (χ2n) is 6.27. The number of hydrogen-bond acceptors (Lipinski definition) is 5. The third-order valence-corrected chi connectivity index (χ3v) is 6.00. The van der Waals surface area contributed by atoms with E-state index in [1.807, 2.05) is 0 Å². The summed E-state index contributed by atoms with van der Waals surface area (Å²) in [5, 5.41) is 0. The van der Waals surface area contributed by atoms with Gasteiger partial charge in [0.25, 0.3) is 10.0 Å². The molecule has 3 rings (SSSR count). The van der Waals surface area contributed by atoms with Crippen LogP contribution in [-0.2, 0) is 14.8 Å². The average molecular weight is 390 g/mol. The maximum absolute atomic E-state index is 12.8. The maximum atomic E-state index is 12.8. The molecule has 0 bridgehead atoms. The molecule has 1 saturated heterocycles. The Morgan fingerprint density at radius 1 is 1.04 bits per heavy atom. The zero-order valence-electron chi connectivity index (χ0n) is 15.5. The van der Waals surface area contributed by atoms with Crippen LogP contribution in [0.1, 0.15) is 18.4 Å². The molecule has 1 heterocycles. The lowest BCUT2D eigenvalue weighted by molar-refractivity contribution is -0.117. The number of ether oxygens (including phenoxy) is 2. The van der Waals surface area contributed by atoms with E-state index in [0.717, 1.165) is 12.1 Å². The smallest absolute Gasteiger partial charge is 0.262 e. The topological polar surface area (TPSA) is 84.9 Å². The van der Waals surface area contributed by atoms with E-state index in [-0.39, 0.29) is 10.8 Å². The molecule has 0 spiro atoms. The molecule has 8 heteroatoms. The van der Waals surface area contributed by atoms with Crippen LogP contribution in [0.25, 0.3) is 0 Å². The van der Waals surface area contributed by atoms with Crippen molar-refractivity contribution in [1.29, 1.82) is 0 Å². The van der Waals surface area contributed by atoms with E-state index in [9.17, 15) is 13.2 Å². The first-order chi connectivity index (χ1) is 12.9. The number of benzene rings is 2. The molecule has 1 aliphatic rings. The lowest BCUT2D eigenvalue weighted by Gasteiger charge is -2.17. The van der Waals surface area contributed by atoms with Crippen LogP contribution in [0.4, 0.5) is 11.4 Å². The predicted molar refractivity (Wildman–Crippen MR) is 103 cm³/mol. The SMILES string of the molecule is COc1cc(C)c(S(=O)(=O)Nc2ccc(N3CCCC3=O)cc2)cc1OC. The molecular formula is C19H22N2O5S. The molecule has 27 heavy (non-hydrogen) atoms. The quantitative estimate of drug-likeness (QED) is 0.820. The molecule has 2 aromatic rings. The summed E-state index contributed by atoms with van der Waals surface area (Å²) in [6.07, 6.45) is 1.39. The summed E-state index contributed by atoms with van der Waals surface area (Å²) in [7, 11) is -0.860. The Labute approximate surface area is 158 Å². The van der Waals surface area contributed by atoms with Gasteiger partial charge in [0, 0.05) is 30.4 Å². The van der Waals surface area contributed by atoms with Crippen LogP contribution in [0.5, 0.6) is 11.5 Å². The molecule has 1 N–H and O–H groups in total. The highest BCUT2D eigenvalue weighted by Crippen LogP contribution is 2.33. The molecule has 2 aromatic carbocycles. The molecule has 0 unspecified atom stereocenters. The standard InChI is InChI=1S/C19H22N2O5S/c1-13-11-16(25-2)17(26-3)12-18(13)27(23,24)20-14-6-8-15(9-7-14)21-10-4-5-19(21)22/h6-9,11-12,20H,4-5,10H2,1-3H3. The predicted octanol–water partition coefficient (Wildman–Crippen LogP) is 2.94. The molecule has 1 fully saturated rings. The number of aryl methyl sites for hydroxylation is 1. The number of anilines is 2. The monoisotopic (exact) mass is 390 g/mol. The molecule has 0 aromatic heterocycles. The van der Waals surface area contributed by atoms with Crippen molar-refractivity contribution in [1.82, 2.24) is 0 Å². The highest BCUT2D eigenvalue weighted by Gasteiger charge is 2.23. The van der Waals surface area contributed by atoms with Gasteiger partial charge in [0.15, 0.2) is 11.5 Å². The van der Waals surface area contributed by atoms with Gasteiger partial charge in [0.05, 0.1) is 19.1 Å². The van der Waals surface area contributed by atoms with Crippen molar-refractivity contribution >= 4 is 27.3 Å². The largest absolute Gasteiger partial charge is 0.493 e. The van der Waals surface area contributed by atoms with Gasteiger partial charge in [0.2, 0.25) is 5.91 Å². The van der Waals surface area contributed by atoms with Crippen LogP contribution in [-0.4, -0.2) is 35.1 Å². The van der Waals surface area contributed by atoms with Gasteiger partial charge in [0.1, 0.15) is 0 Å². The molecule has 7 nitrogen and oxygen atoms in total. The fraction of sp³-hybridized carbons (Fsp3) is 0.316. The molecule has 0 atom stereocenters. The number of carbonyl (C=O) groups is 1. The number of nitrogens with zero attached hydrogens (tertiary/aromatic N) is 1. The summed E-state index contributed by atoms with van der Waals surface area (Å²) in [4.78, 5) is 13.6. The number of methoxy groups -OCH3 is 2. The third kappa shape index (κ3) is 3.85. The van der Waals surface area contributed by atoms with Crippen molar-refractivity contribution < 1.29 is 22.7 Å². The third-order valence-electron chi connectivity index (χ3n) is 4.48. The van der Waals surface area contributed by atoms with Crippen molar-refractivity contribution in [2.75, 3.05) is 30.4 Å². The van der Waals surface area contributed by atoms with Crippen molar-refractivity contribution in [3.05, 3.63) is 42.0 Å². The number of amides is 1. The first kappa shape index (κ1) is 19.0. The van der Waals surface area contributed by atoms with Crippen LogP contribution in [0, 0.1) is 6.92 Å². The molecule has 0 radical (unpaired) electrons. The Balaban J connectivity index is 1.85. The Hall–Kier alpha value is -2.74. The number of sulfonamides is 1. The minimum absolute atomic E-state index is 0.0873. The van der Waals surface area contributed by atoms with E-state index < -0.39 is 10.0 Å². The fourth-order valence-corrected chi connectivity index (χ4v) is 4.39. The molecular weight excluding hydrogens is 368 g/mol. The van der Waals surface area contributed by atoms with Crippen LogP contribution < -0.4 is 19.1 Å². The first-order valence-electron chi connectivity index (χ1n) is 8.51. The number of nitrogens with one attached hydrogen (secondary N) is 1. The van der Waals surface area contributed by atoms with Gasteiger partial charge in [-0.25, -0.2) is 8.42 Å². The van der Waals surface area contributed by atoms with Gasteiger partial charge >= 0.3 is 0 Å². The van der Waals surface area contributed by atoms with Gasteiger partial charge in [-0.3, -0.25) is 9.52 Å². The van der Waals surface area contributed by atoms with Crippen LogP contribution >= 0.6 is 0 Å². The molecule has 144 valence electrons. The highest BCUT2D eigenvalue weighted by atomic mass is 32.2. The summed E-state index contributed by atoms with van der Waals surface area (Å²) >= 11 is 0. The Bertz CT molecular complexity index is 955. The molecule has 0 saturated carbocycles. The Morgan fingerprint density at radius 3 is 2.22 bits per heavy atom. The van der Waals surface area contributed by atoms with E-state index in [4.69, 9.17) is 9.47 Å². The van der Waals surface area contributed by atoms with Crippen LogP contribution in [0.3, 0.4) is 0 Å². The van der Waals surface area contributed by atoms with Gasteiger partial charge in [-0.15, -0.1) is 0 Å². The summed E-state index contributed by atoms with van der Waals surface area (Å²) in [5.41, 5.74) is 1.72. The number of carbonyl (C=O) groups excluding carboxylic acids is 1. The van der Waals surface area contributed by atoms with Gasteiger partial charge < -0.3 is 14.4 Å². The Morgan fingerprint density at radius 2 is 1.67 bits per heavy atom. The summed E-state index contributed by atoms with van der Waals surface area (Å²) < 4.78 is 38.6. The second kappa shape index (κ2) is 7.48. The average Bonchev–Trinajstić information content (AvgIpc) is 3.07. The minimum atomic E-state index is -3.81. The van der Waals surface area contributed by atoms with E-state index in [1.54, 1.807) is 42.2 Å². The van der Waals surface area contributed by atoms with Crippen molar-refractivity contribution in [3.63, 3.8) is 0 Å². The fourth-order valence-electron chi connectivity index (χ4n) is 3.09. The van der Waals surface area contributed by atoms with Gasteiger partial charge in [-0.2, -0.15) is 0 Å². The van der Waals surface area contributed by atoms with Gasteiger partial charge in [-0.05, 0) is 49.2 Å². The minimum Gasteiger partial charge on any atom is -0.493 e. The van der Waals surface area contributed by atoms with Crippen molar-refractivity contribution in [3.8, 4) is 11.5 Å². The van der Waals surface area contributed by atoms with E-state index in [0.29, 0.717) is 35.7 Å². The second-order valence-corrected chi connectivity index (χ2v) is 7.92. The van der Waals surface area contributed by atoms with Crippen LogP contribution in [0.15, 0.2) is 41.3 Å². The van der Waals surface area contributed by atoms with Crippen molar-refractivity contribution in [2.24, 2.45) is 0 Å². The van der Waals surface area contributed by atoms with Crippen molar-refractivity contribution in [2.45, 2.75) is 24.7 Å². The zero-order chi connectivity index (χ0) is 19.6. The van der Waals surface area contributed by atoms with E-state index >= 15 is 0 Å². The summed E-state index contributed by atoms with van der Waals surface area (Å²) in [5.74, 6) is 0.893. The highest BCUT2D eigenvalue weighted by molar-refractivity contribution is 7.92. The van der Waals surface area contributed by atoms with Crippen LogP contribution in [0.2, 0.25) is 0 Å². The normalized spacial score (nSPS) is 14.3. The van der Waals surface area contributed by atoms with E-state index in [2.05, 4.69) is 4.72 Å². The summed E-state index contributed by atoms with van der Waals surface area (Å²) in [6.45, 7) is 2.38.